The second-order valence-corrected chi connectivity index (χ2v) is 8.45. The van der Waals surface area contributed by atoms with E-state index >= 15 is 0 Å². The molecule has 0 spiro atoms. The molecule has 0 aliphatic carbocycles. The van der Waals surface area contributed by atoms with Crippen LogP contribution in [0.25, 0.3) is 17.1 Å². The van der Waals surface area contributed by atoms with Gasteiger partial charge in [0.05, 0.1) is 21.8 Å². The standard InChI is InChI=1S/C19H7BrCl2F9N3O/c20-12-8(3-6(17(23,24)25)4-9(12)18(26,27)28)15-33-14(19(29,30)31)13(32)16(35)34(15)11-2-1-7(21)5-10(11)22/h1-5H,32H2. The first-order valence-electron chi connectivity index (χ1n) is 8.77. The van der Waals surface area contributed by atoms with E-state index in [1.165, 1.54) is 0 Å². The number of benzene rings is 2. The highest BCUT2D eigenvalue weighted by Gasteiger charge is 2.42. The first-order chi connectivity index (χ1) is 15.8. The molecule has 0 aliphatic heterocycles. The van der Waals surface area contributed by atoms with Crippen molar-refractivity contribution in [3.05, 3.63) is 72.0 Å². The van der Waals surface area contributed by atoms with Gasteiger partial charge in [0.1, 0.15) is 11.5 Å². The van der Waals surface area contributed by atoms with E-state index in [1.807, 2.05) is 0 Å². The Balaban J connectivity index is 2.60. The lowest BCUT2D eigenvalue weighted by Gasteiger charge is -2.21. The minimum atomic E-state index is -5.39. The van der Waals surface area contributed by atoms with Gasteiger partial charge in [0, 0.05) is 15.1 Å². The molecule has 0 saturated heterocycles. The second kappa shape index (κ2) is 8.89. The van der Waals surface area contributed by atoms with Crippen LogP contribution in [0.1, 0.15) is 16.8 Å². The van der Waals surface area contributed by atoms with Crippen molar-refractivity contribution in [3.8, 4) is 17.1 Å². The monoisotopic (exact) mass is 613 g/mol. The average molecular weight is 615 g/mol. The quantitative estimate of drug-likeness (QED) is 0.302. The van der Waals surface area contributed by atoms with Gasteiger partial charge in [-0.15, -0.1) is 0 Å². The molecular weight excluding hydrogens is 608 g/mol. The predicted octanol–water partition coefficient (Wildman–Crippen LogP) is 7.61. The molecule has 188 valence electrons. The number of aromatic nitrogens is 2. The maximum atomic E-state index is 13.5. The fourth-order valence-corrected chi connectivity index (χ4v) is 4.10. The van der Waals surface area contributed by atoms with E-state index in [4.69, 9.17) is 28.9 Å². The van der Waals surface area contributed by atoms with Gasteiger partial charge >= 0.3 is 18.5 Å². The highest BCUT2D eigenvalue weighted by Crippen LogP contribution is 2.45. The Morgan fingerprint density at radius 1 is 0.886 bits per heavy atom. The summed E-state index contributed by atoms with van der Waals surface area (Å²) >= 11 is 14.3. The molecule has 0 bridgehead atoms. The summed E-state index contributed by atoms with van der Waals surface area (Å²) in [5, 5.41) is -0.387. The van der Waals surface area contributed by atoms with Crippen LogP contribution in [0.3, 0.4) is 0 Å². The molecule has 3 rings (SSSR count). The Kier molecular flexibility index (Phi) is 6.89. The second-order valence-electron chi connectivity index (χ2n) is 6.81. The molecule has 35 heavy (non-hydrogen) atoms. The van der Waals surface area contributed by atoms with E-state index < -0.39 is 68.1 Å². The molecular formula is C19H7BrCl2F9N3O. The molecule has 1 aromatic heterocycles. The van der Waals surface area contributed by atoms with Crippen LogP contribution in [-0.4, -0.2) is 9.55 Å². The maximum Gasteiger partial charge on any atom is 0.435 e. The number of hydrogen-bond acceptors (Lipinski definition) is 3. The van der Waals surface area contributed by atoms with Gasteiger partial charge in [-0.3, -0.25) is 9.36 Å². The zero-order chi connectivity index (χ0) is 26.7. The molecule has 0 radical (unpaired) electrons. The number of nitrogen functional groups attached to an aromatic ring is 1. The molecule has 2 N–H and O–H groups in total. The van der Waals surface area contributed by atoms with Crippen molar-refractivity contribution in [2.45, 2.75) is 18.5 Å². The Morgan fingerprint density at radius 2 is 1.49 bits per heavy atom. The number of hydrogen-bond donors (Lipinski definition) is 1. The lowest BCUT2D eigenvalue weighted by Crippen LogP contribution is -2.29. The topological polar surface area (TPSA) is 60.9 Å². The fraction of sp³-hybridized carbons (Fsp3) is 0.158. The van der Waals surface area contributed by atoms with Gasteiger partial charge in [0.2, 0.25) is 0 Å². The van der Waals surface area contributed by atoms with E-state index in [1.54, 1.807) is 0 Å². The van der Waals surface area contributed by atoms with E-state index in [2.05, 4.69) is 20.9 Å². The molecule has 0 fully saturated rings. The number of alkyl halides is 9. The Bertz CT molecular complexity index is 1380. The van der Waals surface area contributed by atoms with Crippen LogP contribution in [0.2, 0.25) is 10.0 Å². The van der Waals surface area contributed by atoms with Gasteiger partial charge < -0.3 is 5.73 Å². The van der Waals surface area contributed by atoms with Crippen molar-refractivity contribution >= 4 is 44.8 Å². The van der Waals surface area contributed by atoms with Gasteiger partial charge in [0.25, 0.3) is 5.56 Å². The summed E-state index contributed by atoms with van der Waals surface area (Å²) in [7, 11) is 0. The van der Waals surface area contributed by atoms with Gasteiger partial charge in [-0.05, 0) is 46.3 Å². The summed E-state index contributed by atoms with van der Waals surface area (Å²) in [4.78, 5) is 16.1. The summed E-state index contributed by atoms with van der Waals surface area (Å²) in [6, 6.07) is 3.02. The Labute approximate surface area is 207 Å². The van der Waals surface area contributed by atoms with Crippen molar-refractivity contribution in [3.63, 3.8) is 0 Å². The predicted molar refractivity (Wildman–Crippen MR) is 112 cm³/mol. The summed E-state index contributed by atoms with van der Waals surface area (Å²) in [5.41, 5.74) is -5.16. The van der Waals surface area contributed by atoms with Crippen LogP contribution in [0.4, 0.5) is 45.2 Å². The summed E-state index contributed by atoms with van der Waals surface area (Å²) in [6.45, 7) is 0. The molecule has 3 aromatic rings. The third-order valence-electron chi connectivity index (χ3n) is 4.48. The largest absolute Gasteiger partial charge is 0.435 e. The minimum absolute atomic E-state index is 0.000740. The van der Waals surface area contributed by atoms with Crippen LogP contribution in [0.5, 0.6) is 0 Å². The van der Waals surface area contributed by atoms with Crippen LogP contribution in [-0.2, 0) is 18.5 Å². The molecule has 0 unspecified atom stereocenters. The minimum Gasteiger partial charge on any atom is -0.392 e. The van der Waals surface area contributed by atoms with Crippen LogP contribution < -0.4 is 11.3 Å². The van der Waals surface area contributed by atoms with E-state index in [0.717, 1.165) is 18.2 Å². The normalized spacial score (nSPS) is 12.8. The average Bonchev–Trinajstić information content (AvgIpc) is 2.68. The van der Waals surface area contributed by atoms with Crippen molar-refractivity contribution in [1.82, 2.24) is 9.55 Å². The van der Waals surface area contributed by atoms with Gasteiger partial charge in [-0.2, -0.15) is 39.5 Å². The molecule has 16 heteroatoms. The Morgan fingerprint density at radius 3 is 1.97 bits per heavy atom. The first kappa shape index (κ1) is 27.1. The number of anilines is 1. The highest BCUT2D eigenvalue weighted by atomic mass is 79.9. The van der Waals surface area contributed by atoms with Crippen molar-refractivity contribution in [1.29, 1.82) is 0 Å². The lowest BCUT2D eigenvalue weighted by molar-refractivity contribution is -0.143. The highest BCUT2D eigenvalue weighted by molar-refractivity contribution is 9.10. The third kappa shape index (κ3) is 5.23. The molecule has 1 heterocycles. The zero-order valence-electron chi connectivity index (χ0n) is 16.3. The van der Waals surface area contributed by atoms with Crippen LogP contribution >= 0.6 is 39.1 Å². The summed E-state index contributed by atoms with van der Waals surface area (Å²) in [5.74, 6) is -1.25. The first-order valence-corrected chi connectivity index (χ1v) is 10.3. The molecule has 0 amide bonds. The van der Waals surface area contributed by atoms with Gasteiger partial charge in [-0.1, -0.05) is 23.2 Å². The SMILES string of the molecule is Nc1c(C(F)(F)F)nc(-c2cc(C(F)(F)F)cc(C(F)(F)F)c2Br)n(-c2ccc(Cl)cc2Cl)c1=O. The van der Waals surface area contributed by atoms with Crippen molar-refractivity contribution in [2.75, 3.05) is 5.73 Å². The molecule has 4 nitrogen and oxygen atoms in total. The lowest BCUT2D eigenvalue weighted by atomic mass is 10.0. The molecule has 2 aromatic carbocycles. The summed E-state index contributed by atoms with van der Waals surface area (Å²) < 4.78 is 121. The van der Waals surface area contributed by atoms with Crippen LogP contribution in [0, 0.1) is 0 Å². The maximum absolute atomic E-state index is 13.5. The molecule has 0 aliphatic rings. The van der Waals surface area contributed by atoms with Crippen molar-refractivity contribution in [2.24, 2.45) is 0 Å². The number of halogens is 12. The summed E-state index contributed by atoms with van der Waals surface area (Å²) in [6.07, 6.45) is -16.1. The number of nitrogens with two attached hydrogens (primary N) is 1. The van der Waals surface area contributed by atoms with E-state index in [-0.39, 0.29) is 26.7 Å². The molecule has 0 saturated carbocycles. The smallest absolute Gasteiger partial charge is 0.392 e. The fourth-order valence-electron chi connectivity index (χ4n) is 2.97. The van der Waals surface area contributed by atoms with Crippen molar-refractivity contribution < 1.29 is 39.5 Å². The van der Waals surface area contributed by atoms with Gasteiger partial charge in [0.15, 0.2) is 5.69 Å². The van der Waals surface area contributed by atoms with Crippen LogP contribution in [0.15, 0.2) is 39.6 Å². The third-order valence-corrected chi connectivity index (χ3v) is 5.88. The zero-order valence-corrected chi connectivity index (χ0v) is 19.4. The Hall–Kier alpha value is -2.45. The molecule has 0 atom stereocenters. The number of nitrogens with zero attached hydrogens (tertiary/aromatic N) is 2. The van der Waals surface area contributed by atoms with E-state index in [0.29, 0.717) is 0 Å². The van der Waals surface area contributed by atoms with E-state index in [9.17, 15) is 44.3 Å². The number of rotatable bonds is 2. The van der Waals surface area contributed by atoms with Gasteiger partial charge in [-0.25, -0.2) is 4.98 Å².